The van der Waals surface area contributed by atoms with Gasteiger partial charge in [-0.25, -0.2) is 13.4 Å². The molecule has 1 amide bonds. The maximum absolute atomic E-state index is 13.7. The topological polar surface area (TPSA) is 132 Å². The Morgan fingerprint density at radius 3 is 2.30 bits per heavy atom. The molecular weight excluding hydrogens is 757 g/mol. The number of nitrogens with one attached hydrogen (secondary N) is 2. The molecule has 12 heteroatoms. The molecule has 294 valence electrons. The lowest BCUT2D eigenvalue weighted by Crippen LogP contribution is -2.47. The number of imidazole rings is 1. The van der Waals surface area contributed by atoms with Crippen molar-refractivity contribution in [2.45, 2.75) is 67.5 Å². The molecule has 0 bridgehead atoms. The van der Waals surface area contributed by atoms with Gasteiger partial charge in [0.05, 0.1) is 23.7 Å². The van der Waals surface area contributed by atoms with Crippen LogP contribution in [0.3, 0.4) is 0 Å². The van der Waals surface area contributed by atoms with E-state index in [0.717, 1.165) is 49.7 Å². The molecule has 0 spiro atoms. The van der Waals surface area contributed by atoms with Crippen molar-refractivity contribution in [2.75, 3.05) is 5.75 Å². The van der Waals surface area contributed by atoms with Crippen molar-refractivity contribution in [1.82, 2.24) is 19.6 Å². The predicted octanol–water partition coefficient (Wildman–Crippen LogP) is 7.43. The normalized spacial score (nSPS) is 17.6. The molecule has 10 nitrogen and oxygen atoms in total. The van der Waals surface area contributed by atoms with Gasteiger partial charge < -0.3 is 24.5 Å². The molecule has 0 radical (unpaired) electrons. The summed E-state index contributed by atoms with van der Waals surface area (Å²) in [6, 6.07) is 38.7. The molecule has 6 aromatic rings. The fourth-order valence-corrected chi connectivity index (χ4v) is 8.87. The number of thioether (sulfide) groups is 1. The van der Waals surface area contributed by atoms with Crippen LogP contribution in [0.4, 0.5) is 0 Å². The Kier molecular flexibility index (Phi) is 13.0. The number of aryl methyl sites for hydroxylation is 2. The highest BCUT2D eigenvalue weighted by Crippen LogP contribution is 2.40. The van der Waals surface area contributed by atoms with Crippen molar-refractivity contribution < 1.29 is 27.8 Å². The molecule has 57 heavy (non-hydrogen) atoms. The fourth-order valence-electron chi connectivity index (χ4n) is 6.73. The van der Waals surface area contributed by atoms with Crippen LogP contribution in [0, 0.1) is 6.92 Å². The van der Waals surface area contributed by atoms with E-state index in [0.29, 0.717) is 12.2 Å². The van der Waals surface area contributed by atoms with Crippen LogP contribution < -0.4 is 10.0 Å². The highest BCUT2D eigenvalue weighted by atomic mass is 32.2. The molecule has 5 aromatic carbocycles. The Balaban J connectivity index is 1.06. The first-order chi connectivity index (χ1) is 27.6. The zero-order valence-electron chi connectivity index (χ0n) is 31.8. The number of sulfonamides is 1. The summed E-state index contributed by atoms with van der Waals surface area (Å²) in [6.07, 6.45) is 3.61. The van der Waals surface area contributed by atoms with Gasteiger partial charge in [-0.2, -0.15) is 4.72 Å². The smallest absolute Gasteiger partial charge is 0.241 e. The maximum atomic E-state index is 13.7. The van der Waals surface area contributed by atoms with Gasteiger partial charge in [0.15, 0.2) is 11.4 Å². The molecule has 4 atom stereocenters. The van der Waals surface area contributed by atoms with Crippen LogP contribution in [0.2, 0.25) is 0 Å². The third-order valence-corrected chi connectivity index (χ3v) is 12.6. The molecule has 1 aromatic heterocycles. The van der Waals surface area contributed by atoms with Crippen LogP contribution in [0.1, 0.15) is 52.2 Å². The lowest BCUT2D eigenvalue weighted by Gasteiger charge is -2.36. The first-order valence-electron chi connectivity index (χ1n) is 18.8. The number of aliphatic hydroxyl groups is 1. The largest absolute Gasteiger partial charge is 0.392 e. The van der Waals surface area contributed by atoms with Gasteiger partial charge in [-0.1, -0.05) is 120 Å². The van der Waals surface area contributed by atoms with Gasteiger partial charge in [0.25, 0.3) is 0 Å². The fraction of sp³-hybridized carbons (Fsp3) is 0.244. The van der Waals surface area contributed by atoms with E-state index in [1.807, 2.05) is 122 Å². The quantitative estimate of drug-likeness (QED) is 0.0915. The Morgan fingerprint density at radius 1 is 0.860 bits per heavy atom. The number of nitrogens with zero attached hydrogens (tertiary/aromatic N) is 2. The summed E-state index contributed by atoms with van der Waals surface area (Å²) in [6.45, 7) is 2.06. The van der Waals surface area contributed by atoms with Gasteiger partial charge in [-0.3, -0.25) is 4.79 Å². The Labute approximate surface area is 338 Å². The van der Waals surface area contributed by atoms with E-state index in [9.17, 15) is 18.3 Å². The first kappa shape index (κ1) is 40.1. The van der Waals surface area contributed by atoms with Gasteiger partial charge in [0, 0.05) is 43.7 Å². The highest BCUT2D eigenvalue weighted by Gasteiger charge is 2.33. The van der Waals surface area contributed by atoms with Crippen molar-refractivity contribution in [2.24, 2.45) is 7.05 Å². The third kappa shape index (κ3) is 10.5. The van der Waals surface area contributed by atoms with Crippen LogP contribution in [0.25, 0.3) is 11.1 Å². The minimum Gasteiger partial charge on any atom is -0.392 e. The molecule has 1 fully saturated rings. The zero-order valence-corrected chi connectivity index (χ0v) is 33.5. The van der Waals surface area contributed by atoms with Crippen LogP contribution in [-0.2, 0) is 50.9 Å². The molecule has 1 aliphatic heterocycles. The number of ether oxygens (including phenoxy) is 2. The summed E-state index contributed by atoms with van der Waals surface area (Å²) in [7, 11) is -1.99. The molecule has 1 saturated heterocycles. The average molecular weight is 803 g/mol. The van der Waals surface area contributed by atoms with E-state index in [1.165, 1.54) is 0 Å². The molecule has 0 saturated carbocycles. The monoisotopic (exact) mass is 802 g/mol. The van der Waals surface area contributed by atoms with Crippen LogP contribution >= 0.6 is 11.8 Å². The Hall–Kier alpha value is -5.08. The lowest BCUT2D eigenvalue weighted by molar-refractivity contribution is -0.245. The standard InChI is InChI=1S/C45H46N4O6S2/c1-31-14-20-40(21-15-31)57(52,53)48-41(25-32-8-4-3-5-9-32)43(51)47-28-34-10-6-11-36(24-34)37-12-7-13-38(26-37)44-54-39(30-56-45-46-22-23-49(45)2)27-42(55-44)35-18-16-33(29-50)17-19-35/h3-24,26,39,41-42,44,48,50H,25,27-30H2,1-2H3,(H,47,51)/t39-,41+,42+,44+/m0/s1. The molecule has 0 unspecified atom stereocenters. The highest BCUT2D eigenvalue weighted by molar-refractivity contribution is 7.99. The summed E-state index contributed by atoms with van der Waals surface area (Å²) in [5.41, 5.74) is 7.26. The molecule has 0 aliphatic carbocycles. The molecule has 1 aliphatic rings. The van der Waals surface area contributed by atoms with Crippen LogP contribution in [0.5, 0.6) is 0 Å². The van der Waals surface area contributed by atoms with E-state index in [4.69, 9.17) is 9.47 Å². The van der Waals surface area contributed by atoms with Gasteiger partial charge in [0.2, 0.25) is 15.9 Å². The minimum atomic E-state index is -3.97. The van der Waals surface area contributed by atoms with Crippen LogP contribution in [0.15, 0.2) is 150 Å². The number of aromatic nitrogens is 2. The number of aliphatic hydroxyl groups excluding tert-OH is 1. The van der Waals surface area contributed by atoms with Crippen molar-refractivity contribution in [3.8, 4) is 11.1 Å². The Bertz CT molecular complexity index is 2370. The van der Waals surface area contributed by atoms with Crippen LogP contribution in [-0.4, -0.2) is 46.9 Å². The van der Waals surface area contributed by atoms with Crippen molar-refractivity contribution in [3.05, 3.63) is 173 Å². The second-order valence-corrected chi connectivity index (χ2v) is 16.9. The number of benzene rings is 5. The van der Waals surface area contributed by atoms with Crippen molar-refractivity contribution in [1.29, 1.82) is 0 Å². The predicted molar refractivity (Wildman–Crippen MR) is 222 cm³/mol. The van der Waals surface area contributed by atoms with E-state index >= 15 is 0 Å². The summed E-state index contributed by atoms with van der Waals surface area (Å²) in [4.78, 5) is 18.3. The second-order valence-electron chi connectivity index (χ2n) is 14.2. The summed E-state index contributed by atoms with van der Waals surface area (Å²) >= 11 is 1.65. The Morgan fingerprint density at radius 2 is 1.58 bits per heavy atom. The van der Waals surface area contributed by atoms with E-state index in [2.05, 4.69) is 21.1 Å². The summed E-state index contributed by atoms with van der Waals surface area (Å²) < 4.78 is 44.6. The summed E-state index contributed by atoms with van der Waals surface area (Å²) in [5.74, 6) is 0.271. The average Bonchev–Trinajstić information content (AvgIpc) is 3.66. The van der Waals surface area contributed by atoms with Gasteiger partial charge in [0.1, 0.15) is 6.04 Å². The molecular formula is C45H46N4O6S2. The number of rotatable bonds is 15. The third-order valence-electron chi connectivity index (χ3n) is 9.90. The van der Waals surface area contributed by atoms with Gasteiger partial charge >= 0.3 is 0 Å². The van der Waals surface area contributed by atoms with Gasteiger partial charge in [-0.15, -0.1) is 0 Å². The maximum Gasteiger partial charge on any atom is 0.241 e. The van der Waals surface area contributed by atoms with Gasteiger partial charge in [-0.05, 0) is 71.0 Å². The molecule has 3 N–H and O–H groups in total. The minimum absolute atomic E-state index is 0.0221. The number of hydrogen-bond donors (Lipinski definition) is 3. The second kappa shape index (κ2) is 18.5. The first-order valence-corrected chi connectivity index (χ1v) is 21.3. The summed E-state index contributed by atoms with van der Waals surface area (Å²) in [5, 5.41) is 13.5. The van der Waals surface area contributed by atoms with Crippen molar-refractivity contribution in [3.63, 3.8) is 0 Å². The van der Waals surface area contributed by atoms with E-state index in [-0.39, 0.29) is 36.7 Å². The lowest BCUT2D eigenvalue weighted by atomic mass is 9.99. The number of hydrogen-bond acceptors (Lipinski definition) is 8. The zero-order chi connectivity index (χ0) is 39.8. The molecule has 7 rings (SSSR count). The SMILES string of the molecule is Cc1ccc(S(=O)(=O)N[C@H](Cc2ccccc2)C(=O)NCc2cccc(-c3cccc([C@@H]4O[C@H](CSc5nccn5C)C[C@H](c5ccc(CO)cc5)O4)c3)c2)cc1. The van der Waals surface area contributed by atoms with E-state index in [1.54, 1.807) is 42.2 Å². The van der Waals surface area contributed by atoms with Crippen molar-refractivity contribution >= 4 is 27.7 Å². The number of carbonyl (C=O) groups is 1. The number of carbonyl (C=O) groups excluding carboxylic acids is 1. The molecule has 2 heterocycles. The van der Waals surface area contributed by atoms with E-state index < -0.39 is 28.3 Å². The number of amides is 1.